The van der Waals surface area contributed by atoms with Gasteiger partial charge in [-0.1, -0.05) is 44.2 Å². The fourth-order valence-corrected chi connectivity index (χ4v) is 2.80. The molecule has 1 aromatic carbocycles. The number of halogens is 2. The summed E-state index contributed by atoms with van der Waals surface area (Å²) in [5.74, 6) is 0.108. The van der Waals surface area contributed by atoms with Crippen molar-refractivity contribution in [2.75, 3.05) is 19.6 Å². The molecule has 1 saturated heterocycles. The summed E-state index contributed by atoms with van der Waals surface area (Å²) in [4.78, 5) is 14.5. The molecular weight excluding hydrogens is 333 g/mol. The number of hydrogen-bond acceptors (Lipinski definition) is 3. The summed E-state index contributed by atoms with van der Waals surface area (Å²) < 4.78 is 0. The van der Waals surface area contributed by atoms with Gasteiger partial charge in [-0.05, 0) is 37.4 Å². The Hall–Kier alpha value is -0.810. The van der Waals surface area contributed by atoms with Gasteiger partial charge in [0.1, 0.15) is 0 Å². The smallest absolute Gasteiger partial charge is 0.237 e. The highest BCUT2D eigenvalue weighted by atomic mass is 35.5. The van der Waals surface area contributed by atoms with Crippen LogP contribution in [0.5, 0.6) is 0 Å². The molecular formula is C17H29Cl2N3O. The monoisotopic (exact) mass is 361 g/mol. The van der Waals surface area contributed by atoms with E-state index in [1.807, 2.05) is 19.9 Å². The fourth-order valence-electron chi connectivity index (χ4n) is 2.80. The summed E-state index contributed by atoms with van der Waals surface area (Å²) in [5, 5.41) is 3.03. The van der Waals surface area contributed by atoms with Crippen molar-refractivity contribution in [1.82, 2.24) is 10.2 Å². The molecule has 1 heterocycles. The van der Waals surface area contributed by atoms with Crippen molar-refractivity contribution in [1.29, 1.82) is 0 Å². The van der Waals surface area contributed by atoms with Gasteiger partial charge < -0.3 is 11.1 Å². The van der Waals surface area contributed by atoms with Crippen LogP contribution in [0.1, 0.15) is 38.3 Å². The van der Waals surface area contributed by atoms with Gasteiger partial charge in [0.05, 0.1) is 12.1 Å². The summed E-state index contributed by atoms with van der Waals surface area (Å²) in [6.07, 6.45) is 2.48. The van der Waals surface area contributed by atoms with Crippen LogP contribution in [0.2, 0.25) is 0 Å². The van der Waals surface area contributed by atoms with Gasteiger partial charge in [-0.15, -0.1) is 24.8 Å². The summed E-state index contributed by atoms with van der Waals surface area (Å²) in [6.45, 7) is 6.78. The zero-order valence-electron chi connectivity index (χ0n) is 13.9. The van der Waals surface area contributed by atoms with E-state index in [4.69, 9.17) is 5.73 Å². The van der Waals surface area contributed by atoms with Gasteiger partial charge in [-0.25, -0.2) is 0 Å². The van der Waals surface area contributed by atoms with E-state index in [0.29, 0.717) is 6.54 Å². The van der Waals surface area contributed by atoms with Crippen LogP contribution in [0.3, 0.4) is 0 Å². The van der Waals surface area contributed by atoms with E-state index in [1.165, 1.54) is 18.4 Å². The first-order valence-corrected chi connectivity index (χ1v) is 7.92. The third-order valence-corrected chi connectivity index (χ3v) is 4.26. The molecule has 0 radical (unpaired) electrons. The van der Waals surface area contributed by atoms with Gasteiger partial charge in [0.25, 0.3) is 0 Å². The summed E-state index contributed by atoms with van der Waals surface area (Å²) in [6, 6.07) is 10.2. The Labute approximate surface area is 152 Å². The van der Waals surface area contributed by atoms with Crippen molar-refractivity contribution in [2.45, 2.75) is 38.8 Å². The average molecular weight is 362 g/mol. The van der Waals surface area contributed by atoms with E-state index in [9.17, 15) is 4.79 Å². The van der Waals surface area contributed by atoms with E-state index >= 15 is 0 Å². The molecule has 1 fully saturated rings. The zero-order valence-corrected chi connectivity index (χ0v) is 15.5. The lowest BCUT2D eigenvalue weighted by Crippen LogP contribution is -2.46. The molecule has 2 rings (SSSR count). The highest BCUT2D eigenvalue weighted by Crippen LogP contribution is 2.24. The molecule has 6 heteroatoms. The molecule has 0 aromatic heterocycles. The number of benzene rings is 1. The van der Waals surface area contributed by atoms with Gasteiger partial charge in [-0.3, -0.25) is 9.69 Å². The van der Waals surface area contributed by atoms with Crippen LogP contribution >= 0.6 is 24.8 Å². The molecule has 2 unspecified atom stereocenters. The van der Waals surface area contributed by atoms with E-state index in [2.05, 4.69) is 34.5 Å². The van der Waals surface area contributed by atoms with Gasteiger partial charge in [0.15, 0.2) is 0 Å². The molecule has 23 heavy (non-hydrogen) atoms. The minimum absolute atomic E-state index is 0. The highest BCUT2D eigenvalue weighted by molar-refractivity contribution is 5.85. The van der Waals surface area contributed by atoms with E-state index in [1.54, 1.807) is 0 Å². The molecule has 4 nitrogen and oxygen atoms in total. The number of hydrogen-bond donors (Lipinski definition) is 2. The highest BCUT2D eigenvalue weighted by Gasteiger charge is 2.25. The summed E-state index contributed by atoms with van der Waals surface area (Å²) >= 11 is 0. The number of likely N-dealkylation sites (tertiary alicyclic amines) is 1. The summed E-state index contributed by atoms with van der Waals surface area (Å²) in [7, 11) is 0. The Bertz CT molecular complexity index is 450. The maximum atomic E-state index is 12.1. The quantitative estimate of drug-likeness (QED) is 0.818. The van der Waals surface area contributed by atoms with Crippen LogP contribution < -0.4 is 11.1 Å². The number of nitrogens with one attached hydrogen (secondary N) is 1. The normalized spacial score (nSPS) is 17.0. The summed E-state index contributed by atoms with van der Waals surface area (Å²) in [5.41, 5.74) is 7.17. The van der Waals surface area contributed by atoms with Crippen LogP contribution in [-0.2, 0) is 4.79 Å². The van der Waals surface area contributed by atoms with Crippen molar-refractivity contribution in [3.8, 4) is 0 Å². The van der Waals surface area contributed by atoms with E-state index < -0.39 is 6.04 Å². The first kappa shape index (κ1) is 22.2. The number of carbonyl (C=O) groups excluding carboxylic acids is 1. The van der Waals surface area contributed by atoms with Crippen LogP contribution in [-0.4, -0.2) is 36.5 Å². The SMILES string of the molecule is CC(C)C(N)C(=O)NCC(c1ccccc1)N1CCCC1.Cl.Cl. The van der Waals surface area contributed by atoms with Crippen LogP contribution in [0.25, 0.3) is 0 Å². The molecule has 132 valence electrons. The van der Waals surface area contributed by atoms with Crippen molar-refractivity contribution in [2.24, 2.45) is 11.7 Å². The molecule has 1 amide bonds. The number of nitrogens with zero attached hydrogens (tertiary/aromatic N) is 1. The number of carbonyl (C=O) groups is 1. The molecule has 0 bridgehead atoms. The lowest BCUT2D eigenvalue weighted by Gasteiger charge is -2.29. The minimum Gasteiger partial charge on any atom is -0.353 e. The maximum absolute atomic E-state index is 12.1. The fraction of sp³-hybridized carbons (Fsp3) is 0.588. The topological polar surface area (TPSA) is 58.4 Å². The van der Waals surface area contributed by atoms with Crippen molar-refractivity contribution in [3.05, 3.63) is 35.9 Å². The Morgan fingerprint density at radius 1 is 1.17 bits per heavy atom. The molecule has 1 aliphatic heterocycles. The number of rotatable bonds is 6. The zero-order chi connectivity index (χ0) is 15.2. The molecule has 1 aromatic rings. The Morgan fingerprint density at radius 3 is 2.26 bits per heavy atom. The molecule has 2 atom stereocenters. The van der Waals surface area contributed by atoms with Crippen LogP contribution in [0.4, 0.5) is 0 Å². The first-order chi connectivity index (χ1) is 10.1. The van der Waals surface area contributed by atoms with E-state index in [0.717, 1.165) is 13.1 Å². The third-order valence-electron chi connectivity index (χ3n) is 4.26. The molecule has 1 aliphatic rings. The van der Waals surface area contributed by atoms with Crippen molar-refractivity contribution >= 4 is 30.7 Å². The lowest BCUT2D eigenvalue weighted by molar-refractivity contribution is -0.123. The lowest BCUT2D eigenvalue weighted by atomic mass is 10.0. The van der Waals surface area contributed by atoms with Crippen LogP contribution in [0, 0.1) is 5.92 Å². The predicted octanol–water partition coefficient (Wildman–Crippen LogP) is 2.77. The second-order valence-electron chi connectivity index (χ2n) is 6.18. The Morgan fingerprint density at radius 2 is 1.74 bits per heavy atom. The van der Waals surface area contributed by atoms with Crippen molar-refractivity contribution < 1.29 is 4.79 Å². The average Bonchev–Trinajstić information content (AvgIpc) is 3.01. The number of amides is 1. The van der Waals surface area contributed by atoms with Gasteiger partial charge in [0.2, 0.25) is 5.91 Å². The van der Waals surface area contributed by atoms with Crippen molar-refractivity contribution in [3.63, 3.8) is 0 Å². The molecule has 0 spiro atoms. The molecule has 0 saturated carbocycles. The maximum Gasteiger partial charge on any atom is 0.237 e. The van der Waals surface area contributed by atoms with Crippen LogP contribution in [0.15, 0.2) is 30.3 Å². The Balaban J connectivity index is 0.00000242. The largest absolute Gasteiger partial charge is 0.353 e. The predicted molar refractivity (Wildman–Crippen MR) is 100 cm³/mol. The molecule has 0 aliphatic carbocycles. The van der Waals surface area contributed by atoms with Gasteiger partial charge >= 0.3 is 0 Å². The van der Waals surface area contributed by atoms with Gasteiger partial charge in [0, 0.05) is 6.54 Å². The second kappa shape index (κ2) is 10.9. The third kappa shape index (κ3) is 6.30. The Kier molecular flexibility index (Phi) is 10.5. The number of nitrogens with two attached hydrogens (primary N) is 1. The van der Waals surface area contributed by atoms with Gasteiger partial charge in [-0.2, -0.15) is 0 Å². The second-order valence-corrected chi connectivity index (χ2v) is 6.18. The standard InChI is InChI=1S/C17H27N3O.2ClH/c1-13(2)16(18)17(21)19-12-15(20-10-6-7-11-20)14-8-4-3-5-9-14;;/h3-5,8-9,13,15-16H,6-7,10-12,18H2,1-2H3,(H,19,21);2*1H. The first-order valence-electron chi connectivity index (χ1n) is 7.92. The molecule has 3 N–H and O–H groups in total. The van der Waals surface area contributed by atoms with E-state index in [-0.39, 0.29) is 42.7 Å². The minimum atomic E-state index is -0.431.